The van der Waals surface area contributed by atoms with Crippen LogP contribution >= 0.6 is 0 Å². The monoisotopic (exact) mass is 352 g/mol. The molecular formula is C21H20O5. The largest absolute Gasteiger partial charge is 0.507 e. The molecule has 0 radical (unpaired) electrons. The zero-order chi connectivity index (χ0) is 18.6. The molecule has 0 bridgehead atoms. The molecule has 0 fully saturated rings. The first kappa shape index (κ1) is 16.5. The number of ketones is 1. The predicted octanol–water partition coefficient (Wildman–Crippen LogP) is 3.60. The number of Topliss-reactive ketones (excluding diaryl/α,β-unsaturated/α-hetero) is 1. The molecule has 4 rings (SSSR count). The molecule has 0 amide bonds. The van der Waals surface area contributed by atoms with Crippen LogP contribution in [0.3, 0.4) is 0 Å². The Hall–Kier alpha value is -2.95. The highest BCUT2D eigenvalue weighted by Crippen LogP contribution is 2.46. The summed E-state index contributed by atoms with van der Waals surface area (Å²) in [6.07, 6.45) is 1.13. The van der Waals surface area contributed by atoms with E-state index in [1.807, 2.05) is 13.0 Å². The van der Waals surface area contributed by atoms with Gasteiger partial charge in [0.15, 0.2) is 17.3 Å². The molecule has 0 saturated heterocycles. The van der Waals surface area contributed by atoms with Crippen molar-refractivity contribution in [3.8, 4) is 23.0 Å². The molecule has 134 valence electrons. The molecule has 1 heterocycles. The number of fused-ring (bicyclic) bond motifs is 2. The third-order valence-corrected chi connectivity index (χ3v) is 5.30. The highest BCUT2D eigenvalue weighted by atomic mass is 16.5. The molecule has 5 nitrogen and oxygen atoms in total. The maximum Gasteiger partial charge on any atom is 0.167 e. The number of phenolic OH excluding ortho intramolecular Hbond substituents is 3. The minimum atomic E-state index is -0.204. The Labute approximate surface area is 151 Å². The Morgan fingerprint density at radius 2 is 1.88 bits per heavy atom. The number of hydrogen-bond donors (Lipinski definition) is 3. The van der Waals surface area contributed by atoms with Crippen LogP contribution in [0.15, 0.2) is 36.4 Å². The number of ether oxygens (including phenoxy) is 1. The van der Waals surface area contributed by atoms with Crippen molar-refractivity contribution in [2.75, 3.05) is 0 Å². The summed E-state index contributed by atoms with van der Waals surface area (Å²) in [5.74, 6) is -0.00847. The molecule has 2 aromatic carbocycles. The normalized spacial score (nSPS) is 21.0. The molecule has 2 aliphatic rings. The quantitative estimate of drug-likeness (QED) is 0.568. The molecule has 0 spiro atoms. The zero-order valence-electron chi connectivity index (χ0n) is 14.5. The van der Waals surface area contributed by atoms with Gasteiger partial charge in [0.1, 0.15) is 17.6 Å². The predicted molar refractivity (Wildman–Crippen MR) is 96.2 cm³/mol. The van der Waals surface area contributed by atoms with E-state index in [1.54, 1.807) is 6.07 Å². The van der Waals surface area contributed by atoms with Gasteiger partial charge in [-0.1, -0.05) is 12.6 Å². The SMILES string of the molecule is C=C(C)C1Cc2c(cc3c(c2O)C(=O)C[C@H](c2ccc(O)c(O)c2)C3)O1. The number of carbonyl (C=O) groups excluding carboxylic acids is 1. The lowest BCUT2D eigenvalue weighted by Gasteiger charge is -2.25. The number of benzene rings is 2. The zero-order valence-corrected chi connectivity index (χ0v) is 14.5. The minimum Gasteiger partial charge on any atom is -0.507 e. The summed E-state index contributed by atoms with van der Waals surface area (Å²) in [7, 11) is 0. The van der Waals surface area contributed by atoms with Crippen LogP contribution in [-0.2, 0) is 12.8 Å². The molecule has 2 aromatic rings. The third kappa shape index (κ3) is 2.51. The van der Waals surface area contributed by atoms with Crippen molar-refractivity contribution in [3.05, 3.63) is 58.7 Å². The van der Waals surface area contributed by atoms with Gasteiger partial charge in [0.2, 0.25) is 0 Å². The van der Waals surface area contributed by atoms with E-state index in [0.29, 0.717) is 29.7 Å². The molecule has 1 aliphatic carbocycles. The van der Waals surface area contributed by atoms with Crippen molar-refractivity contribution < 1.29 is 24.9 Å². The van der Waals surface area contributed by atoms with Gasteiger partial charge in [-0.05, 0) is 54.2 Å². The highest BCUT2D eigenvalue weighted by molar-refractivity contribution is 6.02. The van der Waals surface area contributed by atoms with E-state index in [0.717, 1.165) is 16.7 Å². The Balaban J connectivity index is 1.73. The van der Waals surface area contributed by atoms with Gasteiger partial charge in [-0.2, -0.15) is 0 Å². The standard InChI is InChI=1S/C21H20O5/c1-10(2)18-9-14-19(26-18)8-13-5-12(7-17(24)20(13)21(14)25)11-3-4-15(22)16(23)6-11/h3-4,6,8,12,18,22-23,25H,1,5,7,9H2,2H3/t12-,18?/m1/s1. The van der Waals surface area contributed by atoms with Crippen LogP contribution in [0.2, 0.25) is 0 Å². The summed E-state index contributed by atoms with van der Waals surface area (Å²) in [6, 6.07) is 6.46. The summed E-state index contributed by atoms with van der Waals surface area (Å²) in [6.45, 7) is 5.79. The van der Waals surface area contributed by atoms with Crippen molar-refractivity contribution in [2.45, 2.75) is 38.2 Å². The fourth-order valence-electron chi connectivity index (χ4n) is 3.86. The van der Waals surface area contributed by atoms with E-state index in [9.17, 15) is 20.1 Å². The molecule has 3 N–H and O–H groups in total. The van der Waals surface area contributed by atoms with E-state index in [4.69, 9.17) is 4.74 Å². The van der Waals surface area contributed by atoms with Gasteiger partial charge in [-0.3, -0.25) is 4.79 Å². The van der Waals surface area contributed by atoms with Gasteiger partial charge in [0.05, 0.1) is 5.56 Å². The van der Waals surface area contributed by atoms with Gasteiger partial charge in [0.25, 0.3) is 0 Å². The van der Waals surface area contributed by atoms with Crippen LogP contribution in [0.25, 0.3) is 0 Å². The van der Waals surface area contributed by atoms with Crippen LogP contribution in [-0.4, -0.2) is 27.2 Å². The molecule has 1 aliphatic heterocycles. The third-order valence-electron chi connectivity index (χ3n) is 5.30. The summed E-state index contributed by atoms with van der Waals surface area (Å²) < 4.78 is 5.88. The Kier molecular flexibility index (Phi) is 3.68. The smallest absolute Gasteiger partial charge is 0.167 e. The summed E-state index contributed by atoms with van der Waals surface area (Å²) >= 11 is 0. The number of rotatable bonds is 2. The first-order valence-electron chi connectivity index (χ1n) is 8.60. The van der Waals surface area contributed by atoms with Crippen molar-refractivity contribution >= 4 is 5.78 Å². The van der Waals surface area contributed by atoms with Crippen LogP contribution < -0.4 is 4.74 Å². The molecule has 5 heteroatoms. The van der Waals surface area contributed by atoms with Gasteiger partial charge in [-0.15, -0.1) is 0 Å². The lowest BCUT2D eigenvalue weighted by Crippen LogP contribution is -2.19. The molecule has 0 saturated carbocycles. The molecule has 2 atom stereocenters. The first-order chi connectivity index (χ1) is 12.3. The van der Waals surface area contributed by atoms with Crippen LogP contribution in [0.4, 0.5) is 0 Å². The number of phenols is 3. The minimum absolute atomic E-state index is 0.0262. The van der Waals surface area contributed by atoms with Crippen molar-refractivity contribution in [1.82, 2.24) is 0 Å². The second-order valence-electron chi connectivity index (χ2n) is 7.17. The van der Waals surface area contributed by atoms with E-state index in [1.165, 1.54) is 12.1 Å². The van der Waals surface area contributed by atoms with E-state index in [-0.39, 0.29) is 41.5 Å². The van der Waals surface area contributed by atoms with E-state index >= 15 is 0 Å². The maximum absolute atomic E-state index is 12.7. The topological polar surface area (TPSA) is 87.0 Å². The van der Waals surface area contributed by atoms with Crippen molar-refractivity contribution in [3.63, 3.8) is 0 Å². The van der Waals surface area contributed by atoms with Gasteiger partial charge in [0, 0.05) is 18.4 Å². The Morgan fingerprint density at radius 3 is 2.58 bits per heavy atom. The average molecular weight is 352 g/mol. The van der Waals surface area contributed by atoms with Gasteiger partial charge < -0.3 is 20.1 Å². The fourth-order valence-corrected chi connectivity index (χ4v) is 3.86. The summed E-state index contributed by atoms with van der Waals surface area (Å²) in [5.41, 5.74) is 3.46. The fraction of sp³-hybridized carbons (Fsp3) is 0.286. The average Bonchev–Trinajstić information content (AvgIpc) is 3.01. The molecule has 1 unspecified atom stereocenters. The second-order valence-corrected chi connectivity index (χ2v) is 7.17. The van der Waals surface area contributed by atoms with Crippen molar-refractivity contribution in [1.29, 1.82) is 0 Å². The summed E-state index contributed by atoms with van der Waals surface area (Å²) in [5, 5.41) is 29.9. The Morgan fingerprint density at radius 1 is 1.12 bits per heavy atom. The highest BCUT2D eigenvalue weighted by Gasteiger charge is 2.35. The number of aromatic hydroxyl groups is 3. The van der Waals surface area contributed by atoms with Crippen molar-refractivity contribution in [2.24, 2.45) is 0 Å². The Bertz CT molecular complexity index is 944. The summed E-state index contributed by atoms with van der Waals surface area (Å²) in [4.78, 5) is 12.7. The first-order valence-corrected chi connectivity index (χ1v) is 8.60. The number of carbonyl (C=O) groups is 1. The van der Waals surface area contributed by atoms with E-state index < -0.39 is 0 Å². The van der Waals surface area contributed by atoms with Gasteiger partial charge in [-0.25, -0.2) is 0 Å². The van der Waals surface area contributed by atoms with E-state index in [2.05, 4.69) is 6.58 Å². The molecule has 26 heavy (non-hydrogen) atoms. The molecular weight excluding hydrogens is 332 g/mol. The maximum atomic E-state index is 12.7. The van der Waals surface area contributed by atoms with Crippen LogP contribution in [0.5, 0.6) is 23.0 Å². The lowest BCUT2D eigenvalue weighted by atomic mass is 9.78. The second kappa shape index (κ2) is 5.80. The van der Waals surface area contributed by atoms with Crippen LogP contribution in [0.1, 0.15) is 46.3 Å². The van der Waals surface area contributed by atoms with Gasteiger partial charge >= 0.3 is 0 Å². The van der Waals surface area contributed by atoms with Crippen LogP contribution in [0, 0.1) is 0 Å². The molecule has 0 aromatic heterocycles. The number of hydrogen-bond acceptors (Lipinski definition) is 5. The lowest BCUT2D eigenvalue weighted by molar-refractivity contribution is 0.0961.